The van der Waals surface area contributed by atoms with Gasteiger partial charge in [0.05, 0.1) is 0 Å². The number of thioether (sulfide) groups is 1. The lowest BCUT2D eigenvalue weighted by atomic mass is 10.2. The summed E-state index contributed by atoms with van der Waals surface area (Å²) in [6, 6.07) is -0.448. The van der Waals surface area contributed by atoms with Crippen molar-refractivity contribution in [2.75, 3.05) is 45.2 Å². The topological polar surface area (TPSA) is 55.8 Å². The summed E-state index contributed by atoms with van der Waals surface area (Å²) in [5.41, 5.74) is 3.10. The van der Waals surface area contributed by atoms with Gasteiger partial charge in [-0.3, -0.25) is 4.79 Å². The molecule has 1 rings (SSSR count). The molecule has 0 bridgehead atoms. The summed E-state index contributed by atoms with van der Waals surface area (Å²) in [4.78, 5) is 13.3. The first-order valence-corrected chi connectivity index (χ1v) is 6.94. The quantitative estimate of drug-likeness (QED) is 0.686. The Labute approximate surface area is 101 Å². The molecule has 0 aromatic carbocycles. The van der Waals surface area contributed by atoms with Gasteiger partial charge in [0.25, 0.3) is 0 Å². The van der Waals surface area contributed by atoms with Crippen molar-refractivity contribution in [1.29, 1.82) is 0 Å². The smallest absolute Gasteiger partial charge is 0.322 e. The van der Waals surface area contributed by atoms with Crippen LogP contribution in [0.5, 0.6) is 0 Å². The van der Waals surface area contributed by atoms with Crippen LogP contribution in [-0.4, -0.2) is 72.3 Å². The third kappa shape index (κ3) is 4.69. The number of carbonyl (C=O) groups is 1. The average molecular weight is 247 g/mol. The molecule has 2 N–H and O–H groups in total. The van der Waals surface area contributed by atoms with E-state index < -0.39 is 12.0 Å². The number of nitrogens with zero attached hydrogens (tertiary/aromatic N) is 2. The van der Waals surface area contributed by atoms with Gasteiger partial charge in [-0.05, 0) is 25.5 Å². The minimum atomic E-state index is -0.757. The van der Waals surface area contributed by atoms with Crippen LogP contribution in [-0.2, 0) is 4.79 Å². The standard InChI is InChI=1S/C10H21N3O2S/c1-12-4-6-13(7-5-12)11-9(10(14)15)3-8-16-2/h9,11H,3-8H2,1-2H3,(H,14,15)/t9-/m0/s1. The van der Waals surface area contributed by atoms with E-state index in [1.165, 1.54) is 0 Å². The van der Waals surface area contributed by atoms with Crippen LogP contribution < -0.4 is 5.43 Å². The minimum Gasteiger partial charge on any atom is -0.480 e. The van der Waals surface area contributed by atoms with Crippen LogP contribution in [0.2, 0.25) is 0 Å². The van der Waals surface area contributed by atoms with Crippen molar-refractivity contribution in [3.63, 3.8) is 0 Å². The van der Waals surface area contributed by atoms with E-state index >= 15 is 0 Å². The maximum atomic E-state index is 11.0. The summed E-state index contributed by atoms with van der Waals surface area (Å²) in [6.07, 6.45) is 2.66. The van der Waals surface area contributed by atoms with E-state index in [-0.39, 0.29) is 0 Å². The molecule has 0 spiro atoms. The molecule has 1 aliphatic heterocycles. The number of aliphatic carboxylic acids is 1. The second-order valence-electron chi connectivity index (χ2n) is 4.09. The average Bonchev–Trinajstić information content (AvgIpc) is 2.26. The van der Waals surface area contributed by atoms with Gasteiger partial charge >= 0.3 is 5.97 Å². The van der Waals surface area contributed by atoms with Gasteiger partial charge < -0.3 is 10.0 Å². The van der Waals surface area contributed by atoms with E-state index in [1.54, 1.807) is 11.8 Å². The predicted molar refractivity (Wildman–Crippen MR) is 66.6 cm³/mol. The Balaban J connectivity index is 2.33. The number of hydrazine groups is 1. The van der Waals surface area contributed by atoms with E-state index in [9.17, 15) is 4.79 Å². The fourth-order valence-electron chi connectivity index (χ4n) is 1.63. The van der Waals surface area contributed by atoms with Crippen LogP contribution in [0.15, 0.2) is 0 Å². The van der Waals surface area contributed by atoms with E-state index in [4.69, 9.17) is 5.11 Å². The molecule has 1 saturated heterocycles. The Kier molecular flexibility index (Phi) is 6.12. The maximum absolute atomic E-state index is 11.0. The number of likely N-dealkylation sites (N-methyl/N-ethyl adjacent to an activating group) is 1. The zero-order valence-electron chi connectivity index (χ0n) is 9.98. The van der Waals surface area contributed by atoms with Crippen molar-refractivity contribution >= 4 is 17.7 Å². The molecular weight excluding hydrogens is 226 g/mol. The van der Waals surface area contributed by atoms with Gasteiger partial charge in [-0.15, -0.1) is 0 Å². The van der Waals surface area contributed by atoms with E-state index in [0.29, 0.717) is 6.42 Å². The number of carboxylic acids is 1. The number of hydrogen-bond donors (Lipinski definition) is 2. The predicted octanol–water partition coefficient (Wildman–Crippen LogP) is -0.0553. The molecule has 0 aliphatic carbocycles. The maximum Gasteiger partial charge on any atom is 0.322 e. The molecule has 1 aliphatic rings. The van der Waals surface area contributed by atoms with Gasteiger partial charge in [0.2, 0.25) is 0 Å². The lowest BCUT2D eigenvalue weighted by Gasteiger charge is -2.34. The zero-order chi connectivity index (χ0) is 12.0. The number of piperazine rings is 1. The summed E-state index contributed by atoms with van der Waals surface area (Å²) in [6.45, 7) is 3.75. The molecule has 5 nitrogen and oxygen atoms in total. The molecule has 0 unspecified atom stereocenters. The first-order valence-electron chi connectivity index (χ1n) is 5.55. The molecule has 1 heterocycles. The van der Waals surface area contributed by atoms with E-state index in [0.717, 1.165) is 31.9 Å². The van der Waals surface area contributed by atoms with Crippen LogP contribution in [0.3, 0.4) is 0 Å². The Morgan fingerprint density at radius 1 is 1.44 bits per heavy atom. The van der Waals surface area contributed by atoms with Crippen molar-refractivity contribution in [3.8, 4) is 0 Å². The third-order valence-corrected chi connectivity index (χ3v) is 3.39. The molecule has 0 aromatic rings. The van der Waals surface area contributed by atoms with Crippen molar-refractivity contribution in [3.05, 3.63) is 0 Å². The van der Waals surface area contributed by atoms with Crippen molar-refractivity contribution < 1.29 is 9.90 Å². The summed E-state index contributed by atoms with van der Waals surface area (Å²) in [7, 11) is 2.08. The van der Waals surface area contributed by atoms with Crippen molar-refractivity contribution in [1.82, 2.24) is 15.3 Å². The highest BCUT2D eigenvalue weighted by Crippen LogP contribution is 2.03. The van der Waals surface area contributed by atoms with Gasteiger partial charge in [-0.25, -0.2) is 10.4 Å². The van der Waals surface area contributed by atoms with Gasteiger partial charge in [-0.1, -0.05) is 0 Å². The molecule has 94 valence electrons. The minimum absolute atomic E-state index is 0.448. The molecule has 1 atom stereocenters. The number of carboxylic acid groups (broad SMARTS) is 1. The Morgan fingerprint density at radius 2 is 2.06 bits per heavy atom. The number of nitrogens with one attached hydrogen (secondary N) is 1. The number of rotatable bonds is 6. The molecule has 0 saturated carbocycles. The van der Waals surface area contributed by atoms with Crippen LogP contribution in [0.25, 0.3) is 0 Å². The molecule has 0 aromatic heterocycles. The van der Waals surface area contributed by atoms with E-state index in [1.807, 2.05) is 11.3 Å². The lowest BCUT2D eigenvalue weighted by Crippen LogP contribution is -2.55. The van der Waals surface area contributed by atoms with E-state index in [2.05, 4.69) is 17.4 Å². The molecule has 6 heteroatoms. The van der Waals surface area contributed by atoms with Gasteiger partial charge in [0, 0.05) is 26.2 Å². The zero-order valence-corrected chi connectivity index (χ0v) is 10.8. The van der Waals surface area contributed by atoms with Crippen molar-refractivity contribution in [2.45, 2.75) is 12.5 Å². The molecule has 0 amide bonds. The first kappa shape index (κ1) is 13.8. The molecular formula is C10H21N3O2S. The summed E-state index contributed by atoms with van der Waals surface area (Å²) in [5.74, 6) is 0.116. The highest BCUT2D eigenvalue weighted by Gasteiger charge is 2.21. The largest absolute Gasteiger partial charge is 0.480 e. The van der Waals surface area contributed by atoms with Crippen LogP contribution >= 0.6 is 11.8 Å². The third-order valence-electron chi connectivity index (χ3n) is 2.75. The summed E-state index contributed by atoms with van der Waals surface area (Å²) >= 11 is 1.68. The SMILES string of the molecule is CSCC[C@H](NN1CCN(C)CC1)C(=O)O. The highest BCUT2D eigenvalue weighted by atomic mass is 32.2. The Bertz CT molecular complexity index is 220. The summed E-state index contributed by atoms with van der Waals surface area (Å²) < 4.78 is 0. The Hall–Kier alpha value is -0.300. The second kappa shape index (κ2) is 7.11. The summed E-state index contributed by atoms with van der Waals surface area (Å²) in [5, 5.41) is 11.1. The van der Waals surface area contributed by atoms with Crippen LogP contribution in [0.4, 0.5) is 0 Å². The highest BCUT2D eigenvalue weighted by molar-refractivity contribution is 7.98. The van der Waals surface area contributed by atoms with Crippen molar-refractivity contribution in [2.24, 2.45) is 0 Å². The number of hydrogen-bond acceptors (Lipinski definition) is 5. The fourth-order valence-corrected chi connectivity index (χ4v) is 2.11. The van der Waals surface area contributed by atoms with Crippen LogP contribution in [0, 0.1) is 0 Å². The van der Waals surface area contributed by atoms with Gasteiger partial charge in [0.15, 0.2) is 0 Å². The fraction of sp³-hybridized carbons (Fsp3) is 0.900. The first-order chi connectivity index (χ1) is 7.63. The van der Waals surface area contributed by atoms with Crippen LogP contribution in [0.1, 0.15) is 6.42 Å². The molecule has 16 heavy (non-hydrogen) atoms. The lowest BCUT2D eigenvalue weighted by molar-refractivity contribution is -0.141. The molecule has 1 fully saturated rings. The van der Waals surface area contributed by atoms with Gasteiger partial charge in [0.1, 0.15) is 6.04 Å². The normalized spacial score (nSPS) is 20.9. The van der Waals surface area contributed by atoms with Gasteiger partial charge in [-0.2, -0.15) is 11.8 Å². The second-order valence-corrected chi connectivity index (χ2v) is 5.08. The monoisotopic (exact) mass is 247 g/mol. The Morgan fingerprint density at radius 3 is 2.56 bits per heavy atom. The molecule has 0 radical (unpaired) electrons.